The Morgan fingerprint density at radius 3 is 2.20 bits per heavy atom. The van der Waals surface area contributed by atoms with E-state index in [9.17, 15) is 19.2 Å². The molecule has 2 amide bonds. The van der Waals surface area contributed by atoms with Crippen LogP contribution in [0.5, 0.6) is 0 Å². The number of carbonyl (C=O) groups is 4. The van der Waals surface area contributed by atoms with Gasteiger partial charge in [-0.15, -0.1) is 0 Å². The number of morpholine rings is 1. The Bertz CT molecular complexity index is 1180. The highest BCUT2D eigenvalue weighted by Gasteiger charge is 2.31. The highest BCUT2D eigenvalue weighted by Crippen LogP contribution is 2.31. The molecule has 2 aliphatic heterocycles. The fourth-order valence-corrected chi connectivity index (χ4v) is 4.29. The zero-order valence-electron chi connectivity index (χ0n) is 23.8. The molecule has 0 radical (unpaired) electrons. The standard InChI is InChI=1S/C28H33N3O7.C2H6/c1-18(24(33)19-7-9-20(10-8-19)26-37-16-28(2,3)17-38-26)25(34)23-21(15-32)5-4-6-22(23)29-27(35)30-31-11-13-36-14-12-31;1-2/h4-10,15,18,26H,11-14,16-17H2,1-3H3,(H2,29,30,35);1-2H3. The van der Waals surface area contributed by atoms with Crippen molar-refractivity contribution in [1.29, 1.82) is 0 Å². The smallest absolute Gasteiger partial charge is 0.333 e. The summed E-state index contributed by atoms with van der Waals surface area (Å²) in [7, 11) is 0. The Morgan fingerprint density at radius 2 is 1.60 bits per heavy atom. The van der Waals surface area contributed by atoms with Crippen LogP contribution in [0.15, 0.2) is 42.5 Å². The summed E-state index contributed by atoms with van der Waals surface area (Å²) in [6.07, 6.45) is 0.0263. The zero-order chi connectivity index (χ0) is 29.3. The first-order chi connectivity index (χ1) is 19.2. The minimum atomic E-state index is -1.09. The summed E-state index contributed by atoms with van der Waals surface area (Å²) in [5, 5.41) is 4.34. The fraction of sp³-hybridized carbons (Fsp3) is 0.467. The number of rotatable bonds is 8. The zero-order valence-corrected chi connectivity index (χ0v) is 23.8. The van der Waals surface area contributed by atoms with Crippen molar-refractivity contribution in [2.75, 3.05) is 44.8 Å². The predicted molar refractivity (Wildman–Crippen MR) is 150 cm³/mol. The summed E-state index contributed by atoms with van der Waals surface area (Å²) in [6, 6.07) is 10.8. The molecule has 2 N–H and O–H groups in total. The molecule has 4 rings (SSSR count). The normalized spacial score (nSPS) is 18.0. The van der Waals surface area contributed by atoms with E-state index in [0.29, 0.717) is 51.4 Å². The van der Waals surface area contributed by atoms with Gasteiger partial charge in [0, 0.05) is 35.2 Å². The number of ether oxygens (including phenoxy) is 3. The number of carbonyl (C=O) groups excluding carboxylic acids is 4. The number of benzene rings is 2. The number of amides is 2. The minimum absolute atomic E-state index is 0.0104. The van der Waals surface area contributed by atoms with Gasteiger partial charge < -0.3 is 19.5 Å². The highest BCUT2D eigenvalue weighted by atomic mass is 16.7. The topological polar surface area (TPSA) is 123 Å². The van der Waals surface area contributed by atoms with Gasteiger partial charge in [0.15, 0.2) is 24.1 Å². The second kappa shape index (κ2) is 14.3. The fourth-order valence-electron chi connectivity index (χ4n) is 4.29. The Labute approximate surface area is 235 Å². The van der Waals surface area contributed by atoms with E-state index in [2.05, 4.69) is 24.6 Å². The number of anilines is 1. The summed E-state index contributed by atoms with van der Waals surface area (Å²) in [5.74, 6) is -2.06. The molecular formula is C30H39N3O7. The van der Waals surface area contributed by atoms with Crippen LogP contribution >= 0.6 is 0 Å². The van der Waals surface area contributed by atoms with Gasteiger partial charge in [-0.25, -0.2) is 9.80 Å². The van der Waals surface area contributed by atoms with Crippen molar-refractivity contribution in [3.63, 3.8) is 0 Å². The van der Waals surface area contributed by atoms with E-state index in [-0.39, 0.29) is 22.2 Å². The summed E-state index contributed by atoms with van der Waals surface area (Å²) < 4.78 is 16.9. The first-order valence-corrected chi connectivity index (χ1v) is 13.6. The monoisotopic (exact) mass is 553 g/mol. The van der Waals surface area contributed by atoms with Gasteiger partial charge in [0.25, 0.3) is 0 Å². The molecule has 0 saturated carbocycles. The molecule has 2 fully saturated rings. The SMILES string of the molecule is CC.CC(C(=O)c1ccc(C2OCC(C)(C)CO2)cc1)C(=O)c1c(C=O)cccc1NC(=O)NN1CCOCC1. The second-order valence-electron chi connectivity index (χ2n) is 10.2. The molecule has 10 nitrogen and oxygen atoms in total. The van der Waals surface area contributed by atoms with E-state index in [1.54, 1.807) is 35.3 Å². The molecule has 2 heterocycles. The molecule has 0 aromatic heterocycles. The molecule has 2 aliphatic rings. The average Bonchev–Trinajstić information content (AvgIpc) is 2.97. The average molecular weight is 554 g/mol. The van der Waals surface area contributed by atoms with Gasteiger partial charge in [0.05, 0.1) is 43.6 Å². The van der Waals surface area contributed by atoms with Gasteiger partial charge in [-0.3, -0.25) is 19.8 Å². The molecule has 216 valence electrons. The lowest BCUT2D eigenvalue weighted by molar-refractivity contribution is -0.226. The van der Waals surface area contributed by atoms with Crippen LogP contribution < -0.4 is 10.7 Å². The molecule has 2 saturated heterocycles. The van der Waals surface area contributed by atoms with Crippen molar-refractivity contribution in [3.8, 4) is 0 Å². The molecule has 2 aromatic carbocycles. The molecule has 40 heavy (non-hydrogen) atoms. The van der Waals surface area contributed by atoms with Crippen molar-refractivity contribution < 1.29 is 33.4 Å². The van der Waals surface area contributed by atoms with Gasteiger partial charge in [-0.1, -0.05) is 64.1 Å². The van der Waals surface area contributed by atoms with E-state index in [0.717, 1.165) is 5.56 Å². The summed E-state index contributed by atoms with van der Waals surface area (Å²) in [4.78, 5) is 51.1. The maximum absolute atomic E-state index is 13.5. The van der Waals surface area contributed by atoms with E-state index in [1.165, 1.54) is 19.1 Å². The molecule has 0 aliphatic carbocycles. The van der Waals surface area contributed by atoms with Crippen LogP contribution in [0.4, 0.5) is 10.5 Å². The lowest BCUT2D eigenvalue weighted by Crippen LogP contribution is -2.49. The highest BCUT2D eigenvalue weighted by molar-refractivity contribution is 6.20. The molecule has 2 aromatic rings. The Morgan fingerprint density at radius 1 is 0.975 bits per heavy atom. The quantitative estimate of drug-likeness (QED) is 0.275. The first-order valence-electron chi connectivity index (χ1n) is 13.6. The predicted octanol–water partition coefficient (Wildman–Crippen LogP) is 4.67. The van der Waals surface area contributed by atoms with E-state index < -0.39 is 29.8 Å². The van der Waals surface area contributed by atoms with Crippen LogP contribution in [0, 0.1) is 11.3 Å². The third-order valence-corrected chi connectivity index (χ3v) is 6.49. The number of urea groups is 1. The van der Waals surface area contributed by atoms with E-state index >= 15 is 0 Å². The van der Waals surface area contributed by atoms with Crippen molar-refractivity contribution in [1.82, 2.24) is 10.4 Å². The number of nitrogens with zero attached hydrogens (tertiary/aromatic N) is 1. The Hall–Kier alpha value is -3.44. The molecule has 1 atom stereocenters. The number of ketones is 2. The van der Waals surface area contributed by atoms with E-state index in [4.69, 9.17) is 14.2 Å². The number of hydrogen-bond acceptors (Lipinski definition) is 8. The van der Waals surface area contributed by atoms with Crippen LogP contribution in [-0.4, -0.2) is 68.4 Å². The second-order valence-corrected chi connectivity index (χ2v) is 10.2. The van der Waals surface area contributed by atoms with Crippen molar-refractivity contribution >= 4 is 29.6 Å². The van der Waals surface area contributed by atoms with Gasteiger partial charge in [0.1, 0.15) is 0 Å². The number of aldehydes is 1. The number of hydrogen-bond donors (Lipinski definition) is 2. The number of nitrogens with one attached hydrogen (secondary N) is 2. The van der Waals surface area contributed by atoms with Crippen molar-refractivity contribution in [2.24, 2.45) is 11.3 Å². The maximum Gasteiger partial charge on any atom is 0.333 e. The Balaban J connectivity index is 0.00000216. The van der Waals surface area contributed by atoms with Gasteiger partial charge in [-0.2, -0.15) is 0 Å². The van der Waals surface area contributed by atoms with Crippen LogP contribution in [0.1, 0.15) is 77.5 Å². The van der Waals surface area contributed by atoms with Gasteiger partial charge in [-0.05, 0) is 13.0 Å². The molecule has 0 bridgehead atoms. The lowest BCUT2D eigenvalue weighted by atomic mass is 9.88. The van der Waals surface area contributed by atoms with Crippen LogP contribution in [0.25, 0.3) is 0 Å². The molecule has 1 unspecified atom stereocenters. The molecular weight excluding hydrogens is 514 g/mol. The number of Topliss-reactive ketones (excluding diaryl/α,β-unsaturated/α-hetero) is 2. The summed E-state index contributed by atoms with van der Waals surface area (Å²) in [6.45, 7) is 12.8. The Kier molecular flexibility index (Phi) is 11.1. The van der Waals surface area contributed by atoms with Crippen LogP contribution in [0.2, 0.25) is 0 Å². The minimum Gasteiger partial charge on any atom is -0.379 e. The largest absolute Gasteiger partial charge is 0.379 e. The summed E-state index contributed by atoms with van der Waals surface area (Å²) >= 11 is 0. The molecule has 10 heteroatoms. The first kappa shape index (κ1) is 31.1. The van der Waals surface area contributed by atoms with Gasteiger partial charge in [0.2, 0.25) is 0 Å². The summed E-state index contributed by atoms with van der Waals surface area (Å²) in [5.41, 5.74) is 3.99. The van der Waals surface area contributed by atoms with E-state index in [1.807, 2.05) is 13.8 Å². The van der Waals surface area contributed by atoms with Crippen LogP contribution in [-0.2, 0) is 14.2 Å². The number of hydrazine groups is 1. The third kappa shape index (κ3) is 7.82. The van der Waals surface area contributed by atoms with Crippen molar-refractivity contribution in [2.45, 2.75) is 40.9 Å². The van der Waals surface area contributed by atoms with Gasteiger partial charge >= 0.3 is 6.03 Å². The molecule has 0 spiro atoms. The third-order valence-electron chi connectivity index (χ3n) is 6.49. The van der Waals surface area contributed by atoms with Crippen LogP contribution in [0.3, 0.4) is 0 Å². The maximum atomic E-state index is 13.5. The van der Waals surface area contributed by atoms with Crippen molar-refractivity contribution in [3.05, 3.63) is 64.7 Å². The lowest BCUT2D eigenvalue weighted by Gasteiger charge is -2.34.